The molecule has 0 spiro atoms. The van der Waals surface area contributed by atoms with Crippen molar-refractivity contribution < 1.29 is 138 Å². The van der Waals surface area contributed by atoms with Gasteiger partial charge in [-0.25, -0.2) is 0 Å². The van der Waals surface area contributed by atoms with Gasteiger partial charge in [0.2, 0.25) is 0 Å². The normalized spacial score (nSPS) is 7.00. The summed E-state index contributed by atoms with van der Waals surface area (Å²) in [6, 6.07) is 5.14. The molecule has 0 bridgehead atoms. The number of hydrogen-bond acceptors (Lipinski definition) is 4. The average Bonchev–Trinajstić information content (AvgIpc) is 2.04. The van der Waals surface area contributed by atoms with Crippen molar-refractivity contribution in [2.24, 2.45) is 0 Å². The molecule has 16 heavy (non-hydrogen) atoms. The summed E-state index contributed by atoms with van der Waals surface area (Å²) in [4.78, 5) is 20.6. The first-order valence-corrected chi connectivity index (χ1v) is 3.14. The fraction of sp³-hybridized carbons (Fsp3) is 0. The minimum Gasteiger partial charge on any atom is -0.545 e. The molecule has 0 aliphatic rings. The van der Waals surface area contributed by atoms with Gasteiger partial charge in [0.1, 0.15) is 0 Å². The van der Waals surface area contributed by atoms with Crippen LogP contribution in [-0.4, -0.2) is 11.9 Å². The molecule has 0 saturated heterocycles. The SMILES string of the molecule is O=C([O-])c1ccccc1C(=O)[O-].[Na+].[Na+].[Na+].[Na+]. The second-order valence-corrected chi connectivity index (χ2v) is 2.12. The Labute approximate surface area is 182 Å². The van der Waals surface area contributed by atoms with E-state index in [-0.39, 0.29) is 129 Å². The van der Waals surface area contributed by atoms with Crippen LogP contribution in [0.3, 0.4) is 0 Å². The largest absolute Gasteiger partial charge is 1.00 e. The molecule has 0 saturated carbocycles. The van der Waals surface area contributed by atoms with Gasteiger partial charge in [0, 0.05) is 11.1 Å². The summed E-state index contributed by atoms with van der Waals surface area (Å²) in [6.45, 7) is 0. The van der Waals surface area contributed by atoms with Gasteiger partial charge in [-0.15, -0.1) is 0 Å². The molecule has 0 unspecified atom stereocenters. The van der Waals surface area contributed by atoms with Crippen LogP contribution in [0.1, 0.15) is 20.7 Å². The summed E-state index contributed by atoms with van der Waals surface area (Å²) < 4.78 is 0. The average molecular weight is 256 g/mol. The van der Waals surface area contributed by atoms with Crippen molar-refractivity contribution in [1.82, 2.24) is 0 Å². The van der Waals surface area contributed by atoms with Gasteiger partial charge in [-0.3, -0.25) is 0 Å². The Morgan fingerprint density at radius 1 is 0.750 bits per heavy atom. The maximum Gasteiger partial charge on any atom is 1.00 e. The molecule has 0 N–H and O–H groups in total. The molecule has 0 aliphatic heterocycles. The van der Waals surface area contributed by atoms with Crippen molar-refractivity contribution in [3.05, 3.63) is 35.4 Å². The number of benzene rings is 1. The van der Waals surface area contributed by atoms with E-state index in [9.17, 15) is 19.8 Å². The first-order valence-electron chi connectivity index (χ1n) is 3.14. The summed E-state index contributed by atoms with van der Waals surface area (Å²) in [5, 5.41) is 20.6. The van der Waals surface area contributed by atoms with Crippen molar-refractivity contribution in [2.75, 3.05) is 0 Å². The van der Waals surface area contributed by atoms with E-state index >= 15 is 0 Å². The minimum absolute atomic E-state index is 0. The van der Waals surface area contributed by atoms with E-state index in [1.807, 2.05) is 0 Å². The summed E-state index contributed by atoms with van der Waals surface area (Å²) in [6.07, 6.45) is 0. The third kappa shape index (κ3) is 8.29. The zero-order valence-corrected chi connectivity index (χ0v) is 17.9. The molecule has 1 aromatic carbocycles. The van der Waals surface area contributed by atoms with E-state index in [0.29, 0.717) is 0 Å². The maximum atomic E-state index is 10.3. The van der Waals surface area contributed by atoms with Gasteiger partial charge in [-0.05, 0) is 0 Å². The summed E-state index contributed by atoms with van der Waals surface area (Å²) in [7, 11) is 0. The van der Waals surface area contributed by atoms with Gasteiger partial charge in [0.05, 0.1) is 11.9 Å². The van der Waals surface area contributed by atoms with Gasteiger partial charge < -0.3 is 19.8 Å². The van der Waals surface area contributed by atoms with Crippen LogP contribution in [0.4, 0.5) is 0 Å². The van der Waals surface area contributed by atoms with E-state index in [1.165, 1.54) is 12.1 Å². The van der Waals surface area contributed by atoms with Crippen LogP contribution in [0, 0.1) is 0 Å². The number of hydrogen-bond donors (Lipinski definition) is 0. The second kappa shape index (κ2) is 13.6. The third-order valence-corrected chi connectivity index (χ3v) is 1.37. The molecule has 0 atom stereocenters. The quantitative estimate of drug-likeness (QED) is 0.492. The molecule has 1 rings (SSSR count). The van der Waals surface area contributed by atoms with Crippen molar-refractivity contribution in [2.45, 2.75) is 0 Å². The molecule has 0 radical (unpaired) electrons. The molecule has 8 heteroatoms. The van der Waals surface area contributed by atoms with Crippen molar-refractivity contribution in [3.8, 4) is 0 Å². The summed E-state index contributed by atoms with van der Waals surface area (Å²) in [5.41, 5.74) is -0.727. The van der Waals surface area contributed by atoms with Gasteiger partial charge >= 0.3 is 118 Å². The van der Waals surface area contributed by atoms with Gasteiger partial charge in [0.15, 0.2) is 0 Å². The van der Waals surface area contributed by atoms with Crippen LogP contribution >= 0.6 is 0 Å². The fourth-order valence-corrected chi connectivity index (χ4v) is 0.839. The summed E-state index contributed by atoms with van der Waals surface area (Å²) >= 11 is 0. The van der Waals surface area contributed by atoms with Crippen LogP contribution in [-0.2, 0) is 0 Å². The van der Waals surface area contributed by atoms with E-state index in [0.717, 1.165) is 12.1 Å². The number of aromatic carboxylic acids is 2. The van der Waals surface area contributed by atoms with E-state index in [4.69, 9.17) is 0 Å². The Morgan fingerprint density at radius 3 is 1.19 bits per heavy atom. The van der Waals surface area contributed by atoms with Crippen molar-refractivity contribution >= 4 is 11.9 Å². The van der Waals surface area contributed by atoms with Crippen molar-refractivity contribution in [3.63, 3.8) is 0 Å². The van der Waals surface area contributed by atoms with Crippen LogP contribution in [0.25, 0.3) is 0 Å². The van der Waals surface area contributed by atoms with Crippen LogP contribution < -0.4 is 128 Å². The Hall–Kier alpha value is 2.16. The number of rotatable bonds is 2. The third-order valence-electron chi connectivity index (χ3n) is 1.37. The molecular weight excluding hydrogens is 252 g/mol. The van der Waals surface area contributed by atoms with E-state index in [1.54, 1.807) is 0 Å². The Morgan fingerprint density at radius 2 is 1.00 bits per heavy atom. The molecule has 1 aromatic rings. The monoisotopic (exact) mass is 256 g/mol. The van der Waals surface area contributed by atoms with Gasteiger partial charge in [-0.2, -0.15) is 0 Å². The van der Waals surface area contributed by atoms with E-state index < -0.39 is 11.9 Å². The molecule has 0 aliphatic carbocycles. The minimum atomic E-state index is -1.52. The predicted molar refractivity (Wildman–Crippen MR) is 35.1 cm³/mol. The first kappa shape index (κ1) is 26.7. The molecular formula is C8H4Na4O4+2. The number of carboxylic acids is 2. The Bertz CT molecular complexity index is 310. The molecule has 0 heterocycles. The first-order chi connectivity index (χ1) is 5.63. The molecule has 0 aromatic heterocycles. The Balaban J connectivity index is -0.000000180. The maximum absolute atomic E-state index is 10.3. The molecule has 0 amide bonds. The number of carboxylic acid groups (broad SMARTS) is 2. The molecule has 62 valence electrons. The van der Waals surface area contributed by atoms with Crippen LogP contribution in [0.15, 0.2) is 24.3 Å². The predicted octanol–water partition coefficient (Wildman–Crippen LogP) is -13.6. The zero-order valence-electron chi connectivity index (χ0n) is 9.94. The number of carbonyl (C=O) groups excluding carboxylic acids is 2. The molecule has 0 fully saturated rings. The van der Waals surface area contributed by atoms with Crippen LogP contribution in [0.2, 0.25) is 0 Å². The fourth-order valence-electron chi connectivity index (χ4n) is 0.839. The second-order valence-electron chi connectivity index (χ2n) is 2.12. The smallest absolute Gasteiger partial charge is 0.545 e. The van der Waals surface area contributed by atoms with Gasteiger partial charge in [0.25, 0.3) is 0 Å². The molecule has 4 nitrogen and oxygen atoms in total. The summed E-state index contributed by atoms with van der Waals surface area (Å²) in [5.74, 6) is -3.04. The van der Waals surface area contributed by atoms with Crippen molar-refractivity contribution in [1.29, 1.82) is 0 Å². The zero-order chi connectivity index (χ0) is 9.14. The van der Waals surface area contributed by atoms with Gasteiger partial charge in [-0.1, -0.05) is 24.3 Å². The van der Waals surface area contributed by atoms with Crippen LogP contribution in [0.5, 0.6) is 0 Å². The van der Waals surface area contributed by atoms with E-state index in [2.05, 4.69) is 0 Å². The number of carbonyl (C=O) groups is 2. The Kier molecular flexibility index (Phi) is 22.7. The standard InChI is InChI=1S/C8H6O4.4Na/c9-7(10)5-3-1-2-4-6(5)8(11)12;;;;/h1-4H,(H,9,10)(H,11,12);;;;/q;4*+1/p-2. The topological polar surface area (TPSA) is 80.3 Å².